The van der Waals surface area contributed by atoms with E-state index in [2.05, 4.69) is 0 Å². The number of morpholine rings is 1. The van der Waals surface area contributed by atoms with Crippen LogP contribution in [0, 0.1) is 13.8 Å². The van der Waals surface area contributed by atoms with Gasteiger partial charge in [0.25, 0.3) is 0 Å². The van der Waals surface area contributed by atoms with Crippen LogP contribution in [0.25, 0.3) is 0 Å². The van der Waals surface area contributed by atoms with Crippen molar-refractivity contribution >= 4 is 11.9 Å². The average Bonchev–Trinajstić information content (AvgIpc) is 2.34. The topological polar surface area (TPSA) is 66.8 Å². The molecule has 5 nitrogen and oxygen atoms in total. The minimum absolute atomic E-state index is 0.0469. The molecule has 1 amide bonds. The van der Waals surface area contributed by atoms with Crippen LogP contribution < -0.4 is 0 Å². The number of nitrogens with zero attached hydrogens (tertiary/aromatic N) is 1. The lowest BCUT2D eigenvalue weighted by Gasteiger charge is -2.33. The van der Waals surface area contributed by atoms with E-state index in [4.69, 9.17) is 9.84 Å². The Morgan fingerprint density at radius 3 is 2.84 bits per heavy atom. The van der Waals surface area contributed by atoms with Gasteiger partial charge in [0.2, 0.25) is 5.91 Å². The summed E-state index contributed by atoms with van der Waals surface area (Å²) in [6.07, 6.45) is 0. The van der Waals surface area contributed by atoms with E-state index in [1.807, 2.05) is 32.0 Å². The molecule has 1 aromatic carbocycles. The summed E-state index contributed by atoms with van der Waals surface area (Å²) < 4.78 is 5.00. The second kappa shape index (κ2) is 5.40. The van der Waals surface area contributed by atoms with Gasteiger partial charge in [0.1, 0.15) is 6.61 Å². The standard InChI is InChI=1S/C14H17NO4/c1-9-3-4-11(10(2)5-9)6-15-12(14(17)18)7-19-8-13(15)16/h3-5,12H,6-8H2,1-2H3,(H,17,18). The van der Waals surface area contributed by atoms with E-state index in [9.17, 15) is 9.59 Å². The molecule has 0 spiro atoms. The molecule has 2 rings (SSSR count). The largest absolute Gasteiger partial charge is 0.480 e. The highest BCUT2D eigenvalue weighted by molar-refractivity contribution is 5.85. The highest BCUT2D eigenvalue weighted by Crippen LogP contribution is 2.17. The first-order valence-corrected chi connectivity index (χ1v) is 6.15. The maximum Gasteiger partial charge on any atom is 0.328 e. The van der Waals surface area contributed by atoms with Crippen molar-refractivity contribution in [1.29, 1.82) is 0 Å². The molecule has 1 heterocycles. The van der Waals surface area contributed by atoms with E-state index in [1.165, 1.54) is 4.90 Å². The summed E-state index contributed by atoms with van der Waals surface area (Å²) in [7, 11) is 0. The minimum Gasteiger partial charge on any atom is -0.480 e. The fourth-order valence-electron chi connectivity index (χ4n) is 2.21. The number of hydrogen-bond donors (Lipinski definition) is 1. The zero-order valence-corrected chi connectivity index (χ0v) is 11.0. The summed E-state index contributed by atoms with van der Waals surface area (Å²) >= 11 is 0. The van der Waals surface area contributed by atoms with Crippen molar-refractivity contribution in [2.45, 2.75) is 26.4 Å². The van der Waals surface area contributed by atoms with Crippen LogP contribution in [0.5, 0.6) is 0 Å². The van der Waals surface area contributed by atoms with Crippen LogP contribution in [-0.2, 0) is 20.9 Å². The van der Waals surface area contributed by atoms with Crippen molar-refractivity contribution in [3.05, 3.63) is 34.9 Å². The Morgan fingerprint density at radius 1 is 1.47 bits per heavy atom. The lowest BCUT2D eigenvalue weighted by molar-refractivity contribution is -0.163. The molecule has 1 fully saturated rings. The Kier molecular flexibility index (Phi) is 3.85. The Balaban J connectivity index is 2.23. The van der Waals surface area contributed by atoms with Gasteiger partial charge in [-0.05, 0) is 25.0 Å². The first-order valence-electron chi connectivity index (χ1n) is 6.15. The number of amides is 1. The molecule has 1 aliphatic heterocycles. The molecule has 1 atom stereocenters. The van der Waals surface area contributed by atoms with Crippen molar-refractivity contribution in [2.24, 2.45) is 0 Å². The molecule has 0 aliphatic carbocycles. The van der Waals surface area contributed by atoms with Crippen molar-refractivity contribution in [2.75, 3.05) is 13.2 Å². The first-order chi connectivity index (χ1) is 8.99. The molecule has 0 aromatic heterocycles. The second-order valence-corrected chi connectivity index (χ2v) is 4.82. The SMILES string of the molecule is Cc1ccc(CN2C(=O)COCC2C(=O)O)c(C)c1. The van der Waals surface area contributed by atoms with Gasteiger partial charge in [0.15, 0.2) is 6.04 Å². The molecule has 0 bridgehead atoms. The van der Waals surface area contributed by atoms with Crippen molar-refractivity contribution in [1.82, 2.24) is 4.90 Å². The normalized spacial score (nSPS) is 19.6. The molecule has 0 saturated carbocycles. The van der Waals surface area contributed by atoms with Crippen LogP contribution in [-0.4, -0.2) is 41.1 Å². The number of ether oxygens (including phenoxy) is 1. The lowest BCUT2D eigenvalue weighted by Crippen LogP contribution is -2.52. The number of benzene rings is 1. The molecular weight excluding hydrogens is 246 g/mol. The van der Waals surface area contributed by atoms with Gasteiger partial charge in [-0.15, -0.1) is 0 Å². The molecule has 19 heavy (non-hydrogen) atoms. The predicted octanol–water partition coefficient (Wildman–Crippen LogP) is 1.12. The van der Waals surface area contributed by atoms with Crippen LogP contribution in [0.4, 0.5) is 0 Å². The molecule has 5 heteroatoms. The average molecular weight is 263 g/mol. The van der Waals surface area contributed by atoms with Crippen LogP contribution in [0.3, 0.4) is 0 Å². The van der Waals surface area contributed by atoms with Gasteiger partial charge < -0.3 is 14.7 Å². The predicted molar refractivity (Wildman–Crippen MR) is 68.7 cm³/mol. The molecule has 1 unspecified atom stereocenters. The van der Waals surface area contributed by atoms with Crippen LogP contribution in [0.15, 0.2) is 18.2 Å². The quantitative estimate of drug-likeness (QED) is 0.887. The highest BCUT2D eigenvalue weighted by atomic mass is 16.5. The van der Waals surface area contributed by atoms with E-state index in [0.29, 0.717) is 6.54 Å². The number of rotatable bonds is 3. The fourth-order valence-corrected chi connectivity index (χ4v) is 2.21. The number of carboxylic acid groups (broad SMARTS) is 1. The Bertz CT molecular complexity index is 512. The number of carbonyl (C=O) groups is 2. The third-order valence-electron chi connectivity index (χ3n) is 3.32. The van der Waals surface area contributed by atoms with Crippen LogP contribution >= 0.6 is 0 Å². The van der Waals surface area contributed by atoms with Gasteiger partial charge >= 0.3 is 5.97 Å². The summed E-state index contributed by atoms with van der Waals surface area (Å²) in [6.45, 7) is 4.27. The highest BCUT2D eigenvalue weighted by Gasteiger charge is 2.34. The third-order valence-corrected chi connectivity index (χ3v) is 3.32. The first kappa shape index (κ1) is 13.5. The van der Waals surface area contributed by atoms with Crippen molar-refractivity contribution < 1.29 is 19.4 Å². The molecule has 0 radical (unpaired) electrons. The molecule has 1 N–H and O–H groups in total. The smallest absolute Gasteiger partial charge is 0.328 e. The number of hydrogen-bond acceptors (Lipinski definition) is 3. The van der Waals surface area contributed by atoms with Crippen molar-refractivity contribution in [3.8, 4) is 0 Å². The monoisotopic (exact) mass is 263 g/mol. The van der Waals surface area contributed by atoms with E-state index in [1.54, 1.807) is 0 Å². The number of aryl methyl sites for hydroxylation is 2. The van der Waals surface area contributed by atoms with Gasteiger partial charge in [0.05, 0.1) is 6.61 Å². The molecule has 1 saturated heterocycles. The number of aliphatic carboxylic acids is 1. The Morgan fingerprint density at radius 2 is 2.21 bits per heavy atom. The van der Waals surface area contributed by atoms with E-state index in [-0.39, 0.29) is 19.1 Å². The number of carboxylic acids is 1. The maximum absolute atomic E-state index is 11.8. The molecule has 102 valence electrons. The zero-order chi connectivity index (χ0) is 14.0. The summed E-state index contributed by atoms with van der Waals surface area (Å²) in [5.41, 5.74) is 3.17. The third kappa shape index (κ3) is 2.93. The summed E-state index contributed by atoms with van der Waals surface area (Å²) in [6, 6.07) is 5.02. The maximum atomic E-state index is 11.8. The Hall–Kier alpha value is -1.88. The number of carbonyl (C=O) groups excluding carboxylic acids is 1. The fraction of sp³-hybridized carbons (Fsp3) is 0.429. The van der Waals surface area contributed by atoms with Gasteiger partial charge in [-0.25, -0.2) is 4.79 Å². The summed E-state index contributed by atoms with van der Waals surface area (Å²) in [4.78, 5) is 24.4. The molecule has 1 aromatic rings. The summed E-state index contributed by atoms with van der Waals surface area (Å²) in [5.74, 6) is -1.31. The van der Waals surface area contributed by atoms with E-state index in [0.717, 1.165) is 16.7 Å². The van der Waals surface area contributed by atoms with E-state index < -0.39 is 12.0 Å². The molecule has 1 aliphatic rings. The van der Waals surface area contributed by atoms with Crippen molar-refractivity contribution in [3.63, 3.8) is 0 Å². The van der Waals surface area contributed by atoms with E-state index >= 15 is 0 Å². The van der Waals surface area contributed by atoms with Gasteiger partial charge in [-0.3, -0.25) is 4.79 Å². The zero-order valence-electron chi connectivity index (χ0n) is 11.0. The van der Waals surface area contributed by atoms with Gasteiger partial charge in [0, 0.05) is 6.54 Å². The lowest BCUT2D eigenvalue weighted by atomic mass is 10.0. The molecular formula is C14H17NO4. The van der Waals surface area contributed by atoms with Crippen LogP contribution in [0.2, 0.25) is 0 Å². The summed E-state index contributed by atoms with van der Waals surface area (Å²) in [5, 5.41) is 9.14. The Labute approximate surface area is 111 Å². The van der Waals surface area contributed by atoms with Gasteiger partial charge in [-0.2, -0.15) is 0 Å². The second-order valence-electron chi connectivity index (χ2n) is 4.82. The minimum atomic E-state index is -1.03. The van der Waals surface area contributed by atoms with Crippen LogP contribution in [0.1, 0.15) is 16.7 Å². The van der Waals surface area contributed by atoms with Gasteiger partial charge in [-0.1, -0.05) is 23.8 Å².